The summed E-state index contributed by atoms with van der Waals surface area (Å²) in [6.07, 6.45) is 6.52. The van der Waals surface area contributed by atoms with Crippen LogP contribution in [0.1, 0.15) is 49.9 Å². The van der Waals surface area contributed by atoms with Gasteiger partial charge >= 0.3 is 0 Å². The Bertz CT molecular complexity index is 535. The van der Waals surface area contributed by atoms with Crippen molar-refractivity contribution in [3.8, 4) is 0 Å². The summed E-state index contributed by atoms with van der Waals surface area (Å²) in [5, 5.41) is 3.48. The summed E-state index contributed by atoms with van der Waals surface area (Å²) in [5.41, 5.74) is 3.83. The average molecular weight is 255 g/mol. The predicted octanol–water partition coefficient (Wildman–Crippen LogP) is 3.95. The van der Waals surface area contributed by atoms with Gasteiger partial charge in [0.1, 0.15) is 0 Å². The highest BCUT2D eigenvalue weighted by molar-refractivity contribution is 5.45. The van der Waals surface area contributed by atoms with Crippen LogP contribution in [0.15, 0.2) is 36.8 Å². The molecule has 0 saturated heterocycles. The van der Waals surface area contributed by atoms with Gasteiger partial charge in [-0.15, -0.1) is 0 Å². The first-order valence-corrected chi connectivity index (χ1v) is 7.08. The number of rotatable bonds is 5. The molecule has 0 radical (unpaired) electrons. The van der Waals surface area contributed by atoms with E-state index in [2.05, 4.69) is 53.0 Å². The number of benzene rings is 1. The van der Waals surface area contributed by atoms with Gasteiger partial charge in [-0.3, -0.25) is 0 Å². The number of anilines is 1. The van der Waals surface area contributed by atoms with Crippen LogP contribution in [0.25, 0.3) is 0 Å². The lowest BCUT2D eigenvalue weighted by Crippen LogP contribution is -2.05. The van der Waals surface area contributed by atoms with E-state index in [9.17, 15) is 0 Å². The lowest BCUT2D eigenvalue weighted by molar-refractivity contribution is 0.701. The molecule has 1 aromatic carbocycles. The zero-order valence-corrected chi connectivity index (χ0v) is 11.6. The van der Waals surface area contributed by atoms with Gasteiger partial charge in [-0.2, -0.15) is 0 Å². The van der Waals surface area contributed by atoms with Crippen LogP contribution in [0.2, 0.25) is 0 Å². The molecule has 3 rings (SSSR count). The van der Waals surface area contributed by atoms with E-state index in [0.29, 0.717) is 12.0 Å². The summed E-state index contributed by atoms with van der Waals surface area (Å²) in [4.78, 5) is 4.26. The van der Waals surface area contributed by atoms with E-state index < -0.39 is 0 Å². The van der Waals surface area contributed by atoms with Gasteiger partial charge in [0.2, 0.25) is 0 Å². The molecule has 0 amide bonds. The molecule has 0 bridgehead atoms. The van der Waals surface area contributed by atoms with Crippen molar-refractivity contribution in [3.05, 3.63) is 48.0 Å². The van der Waals surface area contributed by atoms with Crippen LogP contribution in [0, 0.1) is 0 Å². The van der Waals surface area contributed by atoms with E-state index in [4.69, 9.17) is 0 Å². The van der Waals surface area contributed by atoms with E-state index in [1.54, 1.807) is 0 Å². The van der Waals surface area contributed by atoms with Crippen molar-refractivity contribution in [2.75, 3.05) is 5.32 Å². The minimum Gasteiger partial charge on any atom is -0.379 e. The van der Waals surface area contributed by atoms with Gasteiger partial charge in [0.15, 0.2) is 0 Å². The highest BCUT2D eigenvalue weighted by Crippen LogP contribution is 2.35. The second-order valence-corrected chi connectivity index (χ2v) is 5.65. The Morgan fingerprint density at radius 2 is 2.00 bits per heavy atom. The first-order chi connectivity index (χ1) is 9.24. The molecule has 1 aliphatic rings. The molecule has 1 aromatic heterocycles. The number of nitrogens with zero attached hydrogens (tertiary/aromatic N) is 2. The van der Waals surface area contributed by atoms with Crippen LogP contribution in [-0.4, -0.2) is 9.55 Å². The molecule has 1 heterocycles. The smallest absolute Gasteiger partial charge is 0.0951 e. The topological polar surface area (TPSA) is 29.9 Å². The fraction of sp³-hybridized carbons (Fsp3) is 0.438. The first-order valence-electron chi connectivity index (χ1n) is 7.08. The van der Waals surface area contributed by atoms with Crippen molar-refractivity contribution in [3.63, 3.8) is 0 Å². The van der Waals surface area contributed by atoms with Gasteiger partial charge in [0.25, 0.3) is 0 Å². The van der Waals surface area contributed by atoms with Crippen LogP contribution < -0.4 is 5.32 Å². The fourth-order valence-corrected chi connectivity index (χ4v) is 2.33. The fourth-order valence-electron chi connectivity index (χ4n) is 2.33. The van der Waals surface area contributed by atoms with Gasteiger partial charge in [0, 0.05) is 17.9 Å². The maximum Gasteiger partial charge on any atom is 0.0951 e. The molecule has 1 fully saturated rings. The van der Waals surface area contributed by atoms with E-state index in [0.717, 1.165) is 6.54 Å². The van der Waals surface area contributed by atoms with Crippen molar-refractivity contribution in [2.24, 2.45) is 0 Å². The molecule has 0 atom stereocenters. The number of hydrogen-bond acceptors (Lipinski definition) is 2. The van der Waals surface area contributed by atoms with Crippen molar-refractivity contribution < 1.29 is 0 Å². The lowest BCUT2D eigenvalue weighted by atomic mass is 10.0. The zero-order valence-electron chi connectivity index (χ0n) is 11.6. The molecule has 3 heteroatoms. The van der Waals surface area contributed by atoms with Crippen LogP contribution in [0.3, 0.4) is 0 Å². The average Bonchev–Trinajstić information content (AvgIpc) is 3.16. The monoisotopic (exact) mass is 255 g/mol. The molecule has 0 aliphatic heterocycles. The van der Waals surface area contributed by atoms with Crippen molar-refractivity contribution >= 4 is 5.69 Å². The number of aromatic nitrogens is 2. The van der Waals surface area contributed by atoms with E-state index in [-0.39, 0.29) is 0 Å². The minimum atomic E-state index is 0.588. The molecule has 3 nitrogen and oxygen atoms in total. The van der Waals surface area contributed by atoms with E-state index in [1.165, 1.54) is 29.8 Å². The molecule has 1 N–H and O–H groups in total. The highest BCUT2D eigenvalue weighted by atomic mass is 15.1. The second kappa shape index (κ2) is 5.08. The normalized spacial score (nSPS) is 14.9. The van der Waals surface area contributed by atoms with Crippen LogP contribution in [0.5, 0.6) is 0 Å². The molecule has 100 valence electrons. The van der Waals surface area contributed by atoms with Crippen LogP contribution in [0.4, 0.5) is 5.69 Å². The Morgan fingerprint density at radius 3 is 2.63 bits per heavy atom. The molecule has 2 aromatic rings. The number of imidazole rings is 1. The summed E-state index contributed by atoms with van der Waals surface area (Å²) in [7, 11) is 0. The molecule has 0 spiro atoms. The quantitative estimate of drug-likeness (QED) is 0.876. The molecule has 19 heavy (non-hydrogen) atoms. The van der Waals surface area contributed by atoms with Gasteiger partial charge in [-0.05, 0) is 36.5 Å². The van der Waals surface area contributed by atoms with Crippen molar-refractivity contribution in [1.29, 1.82) is 0 Å². The third kappa shape index (κ3) is 2.80. The second-order valence-electron chi connectivity index (χ2n) is 5.65. The SMILES string of the molecule is CC(C)c1ccc(NCc2cncn2C2CC2)cc1. The van der Waals surface area contributed by atoms with Crippen LogP contribution >= 0.6 is 0 Å². The van der Waals surface area contributed by atoms with Gasteiger partial charge in [-0.25, -0.2) is 4.98 Å². The third-order valence-electron chi connectivity index (χ3n) is 3.74. The van der Waals surface area contributed by atoms with E-state index >= 15 is 0 Å². The van der Waals surface area contributed by atoms with E-state index in [1.807, 2.05) is 12.5 Å². The molecule has 0 unspecified atom stereocenters. The lowest BCUT2D eigenvalue weighted by Gasteiger charge is -2.10. The maximum atomic E-state index is 4.26. The Labute approximate surface area is 114 Å². The predicted molar refractivity (Wildman–Crippen MR) is 78.4 cm³/mol. The Balaban J connectivity index is 1.63. The highest BCUT2D eigenvalue weighted by Gasteiger charge is 2.24. The minimum absolute atomic E-state index is 0.588. The molecular weight excluding hydrogens is 234 g/mol. The molecule has 1 aliphatic carbocycles. The molecule has 1 saturated carbocycles. The van der Waals surface area contributed by atoms with Crippen molar-refractivity contribution in [1.82, 2.24) is 9.55 Å². The van der Waals surface area contributed by atoms with Gasteiger partial charge in [0.05, 0.1) is 18.6 Å². The zero-order chi connectivity index (χ0) is 13.2. The van der Waals surface area contributed by atoms with Crippen LogP contribution in [-0.2, 0) is 6.54 Å². The first kappa shape index (κ1) is 12.3. The molecular formula is C16H21N3. The Hall–Kier alpha value is -1.77. The number of hydrogen-bond donors (Lipinski definition) is 1. The van der Waals surface area contributed by atoms with Gasteiger partial charge in [-0.1, -0.05) is 26.0 Å². The summed E-state index contributed by atoms with van der Waals surface area (Å²) in [6, 6.07) is 9.42. The largest absolute Gasteiger partial charge is 0.379 e. The number of nitrogens with one attached hydrogen (secondary N) is 1. The third-order valence-corrected chi connectivity index (χ3v) is 3.74. The van der Waals surface area contributed by atoms with Gasteiger partial charge < -0.3 is 9.88 Å². The Kier molecular flexibility index (Phi) is 3.28. The van der Waals surface area contributed by atoms with Crippen molar-refractivity contribution in [2.45, 2.75) is 45.2 Å². The standard InChI is InChI=1S/C16H21N3/c1-12(2)13-3-5-14(6-4-13)18-10-16-9-17-11-19(16)15-7-8-15/h3-6,9,11-12,15,18H,7-8,10H2,1-2H3. The Morgan fingerprint density at radius 1 is 1.26 bits per heavy atom. The summed E-state index contributed by atoms with van der Waals surface area (Å²) in [6.45, 7) is 5.28. The maximum absolute atomic E-state index is 4.26. The summed E-state index contributed by atoms with van der Waals surface area (Å²) >= 11 is 0. The summed E-state index contributed by atoms with van der Waals surface area (Å²) < 4.78 is 2.30. The summed E-state index contributed by atoms with van der Waals surface area (Å²) in [5.74, 6) is 0.588.